The Kier molecular flexibility index (Phi) is 4.96. The van der Waals surface area contributed by atoms with E-state index < -0.39 is 0 Å². The molecule has 20 heavy (non-hydrogen) atoms. The molecule has 0 aliphatic rings. The molecule has 2 aromatic rings. The van der Waals surface area contributed by atoms with Crippen molar-refractivity contribution in [1.82, 2.24) is 0 Å². The summed E-state index contributed by atoms with van der Waals surface area (Å²) in [6.45, 7) is 4.87. The fourth-order valence-corrected chi connectivity index (χ4v) is 2.55. The van der Waals surface area contributed by atoms with Crippen LogP contribution in [0.5, 0.6) is 0 Å². The van der Waals surface area contributed by atoms with Crippen LogP contribution in [0.4, 0.5) is 0 Å². The summed E-state index contributed by atoms with van der Waals surface area (Å²) < 4.78 is 5.64. The van der Waals surface area contributed by atoms with E-state index in [2.05, 4.69) is 6.92 Å². The van der Waals surface area contributed by atoms with Gasteiger partial charge in [-0.1, -0.05) is 25.0 Å². The highest BCUT2D eigenvalue weighted by Crippen LogP contribution is 2.23. The molecule has 0 bridgehead atoms. The lowest BCUT2D eigenvalue weighted by Gasteiger charge is -2.11. The lowest BCUT2D eigenvalue weighted by atomic mass is 9.95. The number of nitrogens with two attached hydrogens (primary N) is 1. The topological polar surface area (TPSA) is 56.2 Å². The van der Waals surface area contributed by atoms with Crippen LogP contribution in [0.25, 0.3) is 11.0 Å². The molecule has 1 atom stereocenters. The average molecular weight is 273 g/mol. The van der Waals surface area contributed by atoms with Crippen molar-refractivity contribution in [3.8, 4) is 0 Å². The van der Waals surface area contributed by atoms with Gasteiger partial charge in [-0.15, -0.1) is 0 Å². The number of Topliss-reactive ketones (excluding diaryl/α,β-unsaturated/α-hetero) is 1. The third-order valence-corrected chi connectivity index (χ3v) is 3.88. The Bertz CT molecular complexity index is 586. The molecule has 2 rings (SSSR count). The Morgan fingerprint density at radius 1 is 1.30 bits per heavy atom. The Hall–Kier alpha value is -1.61. The van der Waals surface area contributed by atoms with Crippen molar-refractivity contribution in [2.24, 2.45) is 11.7 Å². The van der Waals surface area contributed by atoms with Gasteiger partial charge in [0.2, 0.25) is 0 Å². The predicted octanol–water partition coefficient (Wildman–Crippen LogP) is 4.08. The predicted molar refractivity (Wildman–Crippen MR) is 82.0 cm³/mol. The SMILES string of the molecule is CCC(CCN)CCC(=O)c1cc2cc(C)ccc2o1. The minimum atomic E-state index is 0.0920. The molecule has 3 nitrogen and oxygen atoms in total. The molecule has 0 amide bonds. The van der Waals surface area contributed by atoms with Crippen LogP contribution in [0, 0.1) is 12.8 Å². The number of carbonyl (C=O) groups is 1. The molecule has 1 aromatic carbocycles. The molecule has 0 aliphatic carbocycles. The number of hydrogen-bond donors (Lipinski definition) is 1. The van der Waals surface area contributed by atoms with Crippen molar-refractivity contribution in [2.45, 2.75) is 39.5 Å². The van der Waals surface area contributed by atoms with E-state index in [0.29, 0.717) is 24.6 Å². The number of ketones is 1. The maximum absolute atomic E-state index is 12.2. The van der Waals surface area contributed by atoms with Crippen molar-refractivity contribution in [3.05, 3.63) is 35.6 Å². The van der Waals surface area contributed by atoms with Gasteiger partial charge in [0.1, 0.15) is 5.58 Å². The Balaban J connectivity index is 2.03. The molecule has 0 aliphatic heterocycles. The molecule has 0 saturated carbocycles. The summed E-state index contributed by atoms with van der Waals surface area (Å²) in [6.07, 6.45) is 3.49. The Labute approximate surface area is 120 Å². The average Bonchev–Trinajstić information content (AvgIpc) is 2.86. The van der Waals surface area contributed by atoms with E-state index in [1.54, 1.807) is 0 Å². The number of fused-ring (bicyclic) bond motifs is 1. The first-order valence-corrected chi connectivity index (χ1v) is 7.37. The fraction of sp³-hybridized carbons (Fsp3) is 0.471. The van der Waals surface area contributed by atoms with Gasteiger partial charge in [-0.25, -0.2) is 0 Å². The van der Waals surface area contributed by atoms with E-state index in [0.717, 1.165) is 30.2 Å². The Morgan fingerprint density at radius 2 is 2.10 bits per heavy atom. The third kappa shape index (κ3) is 3.48. The second-order valence-electron chi connectivity index (χ2n) is 5.47. The number of benzene rings is 1. The first-order chi connectivity index (χ1) is 9.63. The molecule has 2 N–H and O–H groups in total. The van der Waals surface area contributed by atoms with Gasteiger partial charge in [0.25, 0.3) is 0 Å². The van der Waals surface area contributed by atoms with E-state index >= 15 is 0 Å². The van der Waals surface area contributed by atoms with Crippen LogP contribution in [-0.4, -0.2) is 12.3 Å². The van der Waals surface area contributed by atoms with E-state index in [-0.39, 0.29) is 5.78 Å². The van der Waals surface area contributed by atoms with Crippen LogP contribution < -0.4 is 5.73 Å². The molecular weight excluding hydrogens is 250 g/mol. The normalized spacial score (nSPS) is 12.8. The highest BCUT2D eigenvalue weighted by Gasteiger charge is 2.14. The molecule has 108 valence electrons. The molecule has 0 saturated heterocycles. The first kappa shape index (κ1) is 14.8. The maximum atomic E-state index is 12.2. The molecule has 0 fully saturated rings. The lowest BCUT2D eigenvalue weighted by Crippen LogP contribution is -2.10. The van der Waals surface area contributed by atoms with E-state index in [1.807, 2.05) is 31.2 Å². The van der Waals surface area contributed by atoms with Gasteiger partial charge in [0, 0.05) is 11.8 Å². The summed E-state index contributed by atoms with van der Waals surface area (Å²) in [5, 5.41) is 1.00. The van der Waals surface area contributed by atoms with Gasteiger partial charge in [-0.3, -0.25) is 4.79 Å². The Morgan fingerprint density at radius 3 is 2.80 bits per heavy atom. The number of hydrogen-bond acceptors (Lipinski definition) is 3. The second-order valence-corrected chi connectivity index (χ2v) is 5.47. The van der Waals surface area contributed by atoms with Crippen molar-refractivity contribution in [3.63, 3.8) is 0 Å². The van der Waals surface area contributed by atoms with E-state index in [9.17, 15) is 4.79 Å². The van der Waals surface area contributed by atoms with Gasteiger partial charge in [-0.2, -0.15) is 0 Å². The van der Waals surface area contributed by atoms with Crippen LogP contribution in [0.3, 0.4) is 0 Å². The van der Waals surface area contributed by atoms with Crippen LogP contribution in [0.15, 0.2) is 28.7 Å². The highest BCUT2D eigenvalue weighted by molar-refractivity contribution is 5.97. The van der Waals surface area contributed by atoms with Crippen molar-refractivity contribution in [2.75, 3.05) is 6.54 Å². The molecular formula is C17H23NO2. The zero-order valence-electron chi connectivity index (χ0n) is 12.3. The summed E-state index contributed by atoms with van der Waals surface area (Å²) in [4.78, 5) is 12.2. The number of aryl methyl sites for hydroxylation is 1. The fourth-order valence-electron chi connectivity index (χ4n) is 2.55. The smallest absolute Gasteiger partial charge is 0.198 e. The van der Waals surface area contributed by atoms with Crippen molar-refractivity contribution >= 4 is 16.8 Å². The van der Waals surface area contributed by atoms with Crippen LogP contribution in [0.1, 0.15) is 48.7 Å². The monoisotopic (exact) mass is 273 g/mol. The standard InChI is InChI=1S/C17H23NO2/c1-3-13(8-9-18)5-6-15(19)17-11-14-10-12(2)4-7-16(14)20-17/h4,7,10-11,13H,3,5-6,8-9,18H2,1-2H3. The molecule has 1 aromatic heterocycles. The van der Waals surface area contributed by atoms with Gasteiger partial charge >= 0.3 is 0 Å². The minimum absolute atomic E-state index is 0.0920. The van der Waals surface area contributed by atoms with Gasteiger partial charge in [-0.05, 0) is 50.4 Å². The van der Waals surface area contributed by atoms with Gasteiger partial charge < -0.3 is 10.2 Å². The van der Waals surface area contributed by atoms with E-state index in [4.69, 9.17) is 10.2 Å². The summed E-state index contributed by atoms with van der Waals surface area (Å²) in [5.41, 5.74) is 7.54. The molecule has 3 heteroatoms. The molecule has 0 spiro atoms. The number of rotatable bonds is 7. The first-order valence-electron chi connectivity index (χ1n) is 7.37. The summed E-state index contributed by atoms with van der Waals surface area (Å²) in [6, 6.07) is 7.81. The van der Waals surface area contributed by atoms with Gasteiger partial charge in [0.05, 0.1) is 0 Å². The van der Waals surface area contributed by atoms with Crippen LogP contribution in [-0.2, 0) is 0 Å². The maximum Gasteiger partial charge on any atom is 0.198 e. The van der Waals surface area contributed by atoms with Crippen LogP contribution in [0.2, 0.25) is 0 Å². The lowest BCUT2D eigenvalue weighted by molar-refractivity contribution is 0.0948. The zero-order chi connectivity index (χ0) is 14.5. The molecule has 1 heterocycles. The number of carbonyl (C=O) groups excluding carboxylic acids is 1. The minimum Gasteiger partial charge on any atom is -0.453 e. The molecule has 0 radical (unpaired) electrons. The van der Waals surface area contributed by atoms with Crippen molar-refractivity contribution in [1.29, 1.82) is 0 Å². The summed E-state index contributed by atoms with van der Waals surface area (Å²) in [7, 11) is 0. The third-order valence-electron chi connectivity index (χ3n) is 3.88. The summed E-state index contributed by atoms with van der Waals surface area (Å²) in [5.74, 6) is 1.11. The summed E-state index contributed by atoms with van der Waals surface area (Å²) >= 11 is 0. The quantitative estimate of drug-likeness (QED) is 0.773. The number of furan rings is 1. The molecule has 1 unspecified atom stereocenters. The second kappa shape index (κ2) is 6.71. The largest absolute Gasteiger partial charge is 0.453 e. The van der Waals surface area contributed by atoms with E-state index in [1.165, 1.54) is 5.56 Å². The van der Waals surface area contributed by atoms with Gasteiger partial charge in [0.15, 0.2) is 11.5 Å². The van der Waals surface area contributed by atoms with Crippen LogP contribution >= 0.6 is 0 Å². The zero-order valence-corrected chi connectivity index (χ0v) is 12.3. The highest BCUT2D eigenvalue weighted by atomic mass is 16.3. The van der Waals surface area contributed by atoms with Crippen molar-refractivity contribution < 1.29 is 9.21 Å².